The smallest absolute Gasteiger partial charge is 0.186 e. The summed E-state index contributed by atoms with van der Waals surface area (Å²) in [5, 5.41) is 51.1. The molecule has 4 bridgehead atoms. The average Bonchev–Trinajstić information content (AvgIpc) is 2.63. The zero-order valence-corrected chi connectivity index (χ0v) is 18.0. The fourth-order valence-electron chi connectivity index (χ4n) is 3.86. The molecular weight excluding hydrogens is 437 g/mol. The number of ether oxygens (including phenoxy) is 4. The van der Waals surface area contributed by atoms with Crippen LogP contribution in [0.5, 0.6) is 0 Å². The Balaban J connectivity index is 0.00000261. The van der Waals surface area contributed by atoms with E-state index in [1.54, 1.807) is 0 Å². The number of hydrogen-bond donors (Lipinski definition) is 5. The molecule has 6 rings (SSSR count). The summed E-state index contributed by atoms with van der Waals surface area (Å²) in [6, 6.07) is 0. The van der Waals surface area contributed by atoms with E-state index in [0.29, 0.717) is 19.4 Å². The molecule has 1 radical (unpaired) electrons. The van der Waals surface area contributed by atoms with Gasteiger partial charge in [-0.05, 0) is 18.9 Å². The van der Waals surface area contributed by atoms with Gasteiger partial charge in [0.2, 0.25) is 0 Å². The van der Waals surface area contributed by atoms with Crippen LogP contribution in [0.2, 0.25) is 0 Å². The molecule has 6 aliphatic rings. The van der Waals surface area contributed by atoms with Gasteiger partial charge < -0.3 is 51.4 Å². The van der Waals surface area contributed by atoms with Crippen LogP contribution in [0.25, 0.3) is 0 Å². The van der Waals surface area contributed by atoms with Gasteiger partial charge in [-0.3, -0.25) is 0 Å². The Labute approximate surface area is 183 Å². The van der Waals surface area contributed by atoms with Gasteiger partial charge in [-0.25, -0.2) is 0 Å². The Kier molecular flexibility index (Phi) is 9.50. The number of rotatable bonds is 1. The van der Waals surface area contributed by atoms with Crippen molar-refractivity contribution in [1.29, 1.82) is 0 Å². The average molecular weight is 466 g/mol. The second-order valence-electron chi connectivity index (χ2n) is 7.22. The summed E-state index contributed by atoms with van der Waals surface area (Å²) in [5.74, 6) is -0.431. The molecular formula is C17H29O9Y-. The van der Waals surface area contributed by atoms with Crippen LogP contribution in [-0.2, 0) is 51.7 Å². The van der Waals surface area contributed by atoms with Gasteiger partial charge in [0.05, 0.1) is 24.9 Å². The molecule has 27 heavy (non-hydrogen) atoms. The van der Waals surface area contributed by atoms with E-state index in [2.05, 4.69) is 6.92 Å². The molecule has 0 aliphatic carbocycles. The zero-order chi connectivity index (χ0) is 18.8. The molecule has 10 atom stereocenters. The van der Waals surface area contributed by atoms with Crippen molar-refractivity contribution < 1.29 is 77.2 Å². The van der Waals surface area contributed by atoms with Gasteiger partial charge in [0.1, 0.15) is 18.3 Å². The Morgan fingerprint density at radius 3 is 2.22 bits per heavy atom. The topological polar surface area (TPSA) is 138 Å². The van der Waals surface area contributed by atoms with Crippen LogP contribution >= 0.6 is 0 Å². The first-order valence-electron chi connectivity index (χ1n) is 9.18. The van der Waals surface area contributed by atoms with Gasteiger partial charge in [-0.15, -0.1) is 0 Å². The quantitative estimate of drug-likeness (QED) is 0.286. The molecule has 0 spiro atoms. The van der Waals surface area contributed by atoms with Crippen LogP contribution in [0.15, 0.2) is 0 Å². The second-order valence-corrected chi connectivity index (χ2v) is 7.22. The number of hydrogen-bond acceptors (Lipinski definition) is 9. The van der Waals surface area contributed by atoms with Crippen LogP contribution < -0.4 is 0 Å². The normalized spacial score (nSPS) is 49.1. The molecule has 6 saturated heterocycles. The zero-order valence-electron chi connectivity index (χ0n) is 15.2. The first-order valence-corrected chi connectivity index (χ1v) is 9.18. The van der Waals surface area contributed by atoms with Gasteiger partial charge in [0, 0.05) is 45.2 Å². The predicted octanol–water partition coefficient (Wildman–Crippen LogP) is -1.70. The number of aliphatic hydroxyl groups is 5. The molecule has 9 nitrogen and oxygen atoms in total. The fourth-order valence-corrected chi connectivity index (χ4v) is 3.86. The minimum absolute atomic E-state index is 0. The molecule has 6 unspecified atom stereocenters. The van der Waals surface area contributed by atoms with E-state index in [-0.39, 0.29) is 39.3 Å². The Morgan fingerprint density at radius 1 is 0.815 bits per heavy atom. The number of aliphatic hydroxyl groups excluding tert-OH is 5. The van der Waals surface area contributed by atoms with Crippen molar-refractivity contribution in [2.75, 3.05) is 13.2 Å². The van der Waals surface area contributed by atoms with Gasteiger partial charge in [-0.1, -0.05) is 12.8 Å². The van der Waals surface area contributed by atoms with Crippen LogP contribution in [-0.4, -0.2) is 94.1 Å². The fraction of sp³-hybridized carbons (Fsp3) is 0.941. The predicted molar refractivity (Wildman–Crippen MR) is 86.6 cm³/mol. The van der Waals surface area contributed by atoms with Crippen molar-refractivity contribution in [1.82, 2.24) is 0 Å². The van der Waals surface area contributed by atoms with E-state index >= 15 is 0 Å². The summed E-state index contributed by atoms with van der Waals surface area (Å²) in [5.41, 5.74) is 0. The van der Waals surface area contributed by atoms with Crippen molar-refractivity contribution in [3.63, 3.8) is 0 Å². The second kappa shape index (κ2) is 10.7. The molecule has 6 fully saturated rings. The van der Waals surface area contributed by atoms with Crippen molar-refractivity contribution in [3.8, 4) is 0 Å². The molecule has 0 aromatic heterocycles. The molecule has 10 heteroatoms. The minimum atomic E-state index is -1.38. The summed E-state index contributed by atoms with van der Waals surface area (Å²) in [6.07, 6.45) is -7.42. The maximum Gasteiger partial charge on any atom is 0.186 e. The first-order chi connectivity index (χ1) is 12.4. The van der Waals surface area contributed by atoms with Gasteiger partial charge >= 0.3 is 0 Å². The minimum Gasteiger partial charge on any atom is -0.394 e. The van der Waals surface area contributed by atoms with Gasteiger partial charge in [-0.2, -0.15) is 0 Å². The SMILES string of the molecule is [CH2-]C1O[C@@H]2OCCCCCC3C(CO)O[C@H](OC1[C@H](O)C2O)C(O)[C@H]3O.[Y]. The summed E-state index contributed by atoms with van der Waals surface area (Å²) in [4.78, 5) is 0. The van der Waals surface area contributed by atoms with Crippen molar-refractivity contribution in [2.45, 2.75) is 81.0 Å². The molecule has 0 aromatic rings. The van der Waals surface area contributed by atoms with Crippen molar-refractivity contribution >= 4 is 0 Å². The molecule has 0 aromatic carbocycles. The summed E-state index contributed by atoms with van der Waals surface area (Å²) < 4.78 is 22.3. The van der Waals surface area contributed by atoms with E-state index in [9.17, 15) is 25.5 Å². The summed E-state index contributed by atoms with van der Waals surface area (Å²) in [6.45, 7) is 3.78. The third-order valence-corrected chi connectivity index (χ3v) is 5.43. The maximum atomic E-state index is 10.5. The molecule has 6 heterocycles. The monoisotopic (exact) mass is 466 g/mol. The van der Waals surface area contributed by atoms with E-state index < -0.39 is 61.2 Å². The van der Waals surface area contributed by atoms with Crippen LogP contribution in [0.1, 0.15) is 25.7 Å². The molecule has 6 aliphatic heterocycles. The third-order valence-electron chi connectivity index (χ3n) is 5.43. The van der Waals surface area contributed by atoms with E-state index in [4.69, 9.17) is 18.9 Å². The Bertz CT molecular complexity index is 454. The largest absolute Gasteiger partial charge is 0.394 e. The van der Waals surface area contributed by atoms with E-state index in [1.807, 2.05) is 0 Å². The molecule has 0 amide bonds. The Morgan fingerprint density at radius 2 is 1.52 bits per heavy atom. The van der Waals surface area contributed by atoms with Crippen molar-refractivity contribution in [3.05, 3.63) is 6.92 Å². The molecule has 0 saturated carbocycles. The van der Waals surface area contributed by atoms with Crippen LogP contribution in [0.4, 0.5) is 0 Å². The van der Waals surface area contributed by atoms with Gasteiger partial charge in [0.25, 0.3) is 0 Å². The standard InChI is InChI=1S/C17H29O9.Y/c1-8-15-12(20)14(22)16(24-8)23-6-4-2-3-5-9-10(7-18)25-17(26-15)13(21)11(9)19;/h8-22H,1-7H2;/q-1;/t8?,9?,10?,11-,12+,13?,14?,15?,16-,17+;/m0./s1. The van der Waals surface area contributed by atoms with Crippen LogP contribution in [0, 0.1) is 12.8 Å². The maximum absolute atomic E-state index is 10.5. The summed E-state index contributed by atoms with van der Waals surface area (Å²) >= 11 is 0. The third kappa shape index (κ3) is 5.27. The van der Waals surface area contributed by atoms with E-state index in [0.717, 1.165) is 12.8 Å². The van der Waals surface area contributed by atoms with Gasteiger partial charge in [0.15, 0.2) is 12.6 Å². The van der Waals surface area contributed by atoms with E-state index in [1.165, 1.54) is 0 Å². The molecule has 5 N–H and O–H groups in total. The summed E-state index contributed by atoms with van der Waals surface area (Å²) in [7, 11) is 0. The first kappa shape index (κ1) is 24.0. The van der Waals surface area contributed by atoms with Crippen molar-refractivity contribution in [2.24, 2.45) is 5.92 Å². The Hall–Kier alpha value is 0.744. The van der Waals surface area contributed by atoms with Crippen LogP contribution in [0.3, 0.4) is 0 Å². The molecule has 155 valence electrons.